The van der Waals surface area contributed by atoms with E-state index in [0.29, 0.717) is 12.5 Å². The van der Waals surface area contributed by atoms with Crippen LogP contribution in [0.15, 0.2) is 60.8 Å². The highest BCUT2D eigenvalue weighted by molar-refractivity contribution is 5.87. The zero-order valence-corrected chi connectivity index (χ0v) is 18.6. The molecule has 0 saturated carbocycles. The van der Waals surface area contributed by atoms with E-state index in [4.69, 9.17) is 0 Å². The number of hydrogen-bond donors (Lipinski definition) is 2. The van der Waals surface area contributed by atoms with Crippen molar-refractivity contribution < 1.29 is 9.18 Å². The molecule has 1 aliphatic heterocycles. The molecule has 32 heavy (non-hydrogen) atoms. The monoisotopic (exact) mass is 434 g/mol. The molecule has 1 aromatic heterocycles. The largest absolute Gasteiger partial charge is 0.345 e. The molecule has 0 aliphatic carbocycles. The molecule has 2 aromatic carbocycles. The minimum absolute atomic E-state index is 0.128. The predicted octanol–water partition coefficient (Wildman–Crippen LogP) is 4.54. The third-order valence-electron chi connectivity index (χ3n) is 6.26. The first-order chi connectivity index (χ1) is 15.6. The number of nitrogens with zero attached hydrogens (tertiary/aromatic N) is 2. The molecule has 168 valence electrons. The maximum absolute atomic E-state index is 13.4. The van der Waals surface area contributed by atoms with Crippen molar-refractivity contribution in [2.45, 2.75) is 50.6 Å². The summed E-state index contributed by atoms with van der Waals surface area (Å²) in [5.41, 5.74) is 9.50. The highest BCUT2D eigenvalue weighted by Crippen LogP contribution is 2.25. The Kier molecular flexibility index (Phi) is 7.45. The molecule has 4 rings (SSSR count). The smallest absolute Gasteiger partial charge is 0.226 e. The van der Waals surface area contributed by atoms with Crippen molar-refractivity contribution in [2.75, 3.05) is 13.6 Å². The van der Waals surface area contributed by atoms with Gasteiger partial charge in [0, 0.05) is 37.3 Å². The molecule has 1 aliphatic rings. The molecule has 2 atom stereocenters. The van der Waals surface area contributed by atoms with Crippen molar-refractivity contribution >= 4 is 16.8 Å². The van der Waals surface area contributed by atoms with E-state index >= 15 is 0 Å². The number of unbranched alkanes of at least 4 members (excludes halogenated alkanes) is 2. The van der Waals surface area contributed by atoms with Crippen LogP contribution in [0.1, 0.15) is 49.3 Å². The first-order valence-electron chi connectivity index (χ1n) is 11.4. The fourth-order valence-electron chi connectivity index (χ4n) is 4.40. The number of pyridine rings is 1. The Balaban J connectivity index is 1.15. The van der Waals surface area contributed by atoms with E-state index in [1.807, 2.05) is 48.3 Å². The molecule has 2 heterocycles. The number of likely N-dealkylation sites (N-methyl/N-ethyl adjacent to an activating group) is 1. The van der Waals surface area contributed by atoms with Gasteiger partial charge >= 0.3 is 0 Å². The van der Waals surface area contributed by atoms with Crippen molar-refractivity contribution in [3.05, 3.63) is 77.7 Å². The summed E-state index contributed by atoms with van der Waals surface area (Å²) in [6.45, 7) is 0.763. The lowest BCUT2D eigenvalue weighted by molar-refractivity contribution is -0.129. The summed E-state index contributed by atoms with van der Waals surface area (Å²) in [5, 5.41) is 1.06. The van der Waals surface area contributed by atoms with Gasteiger partial charge in [-0.2, -0.15) is 0 Å². The van der Waals surface area contributed by atoms with Gasteiger partial charge in [0.25, 0.3) is 0 Å². The molecule has 5 nitrogen and oxygen atoms in total. The van der Waals surface area contributed by atoms with Crippen molar-refractivity contribution in [1.29, 1.82) is 0 Å². The van der Waals surface area contributed by atoms with Crippen LogP contribution < -0.4 is 10.9 Å². The molecule has 1 amide bonds. The van der Waals surface area contributed by atoms with Gasteiger partial charge in [-0.3, -0.25) is 20.6 Å². The summed E-state index contributed by atoms with van der Waals surface area (Å²) < 4.78 is 13.4. The number of fused-ring (bicyclic) bond motifs is 1. The fraction of sp³-hybridized carbons (Fsp3) is 0.385. The minimum atomic E-state index is -0.192. The third-order valence-corrected chi connectivity index (χ3v) is 6.26. The van der Waals surface area contributed by atoms with Crippen molar-refractivity contribution in [1.82, 2.24) is 20.7 Å². The van der Waals surface area contributed by atoms with Crippen LogP contribution in [-0.4, -0.2) is 35.4 Å². The summed E-state index contributed by atoms with van der Waals surface area (Å²) in [7, 11) is 1.88. The lowest BCUT2D eigenvalue weighted by Gasteiger charge is -2.18. The Bertz CT molecular complexity index is 1050. The van der Waals surface area contributed by atoms with Gasteiger partial charge in [-0.05, 0) is 48.6 Å². The average Bonchev–Trinajstić information content (AvgIpc) is 3.28. The van der Waals surface area contributed by atoms with E-state index in [0.717, 1.165) is 60.7 Å². The second kappa shape index (κ2) is 10.7. The number of benzene rings is 2. The Hall–Kier alpha value is -2.83. The van der Waals surface area contributed by atoms with Crippen molar-refractivity contribution in [3.8, 4) is 0 Å². The van der Waals surface area contributed by atoms with Crippen LogP contribution in [-0.2, 0) is 11.2 Å². The lowest BCUT2D eigenvalue weighted by Crippen LogP contribution is -2.31. The van der Waals surface area contributed by atoms with Crippen molar-refractivity contribution in [3.63, 3.8) is 0 Å². The van der Waals surface area contributed by atoms with Crippen LogP contribution in [0.3, 0.4) is 0 Å². The zero-order valence-electron chi connectivity index (χ0n) is 18.6. The molecule has 0 spiro atoms. The average molecular weight is 435 g/mol. The summed E-state index contributed by atoms with van der Waals surface area (Å²) in [4.78, 5) is 19.0. The lowest BCUT2D eigenvalue weighted by atomic mass is 9.99. The standard InChI is InChI=1S/C26H31FN4O/c1-31(25(32)17-21-10-5-8-19-11-7-14-28-26(19)21)15-4-2-3-13-23-18-24(30-29-23)20-9-6-12-22(27)16-20/h5-12,14,16,23-24,29-30H,2-4,13,15,17-18H2,1H3. The van der Waals surface area contributed by atoms with Gasteiger partial charge in [0.1, 0.15) is 5.82 Å². The predicted molar refractivity (Wildman–Crippen MR) is 125 cm³/mol. The van der Waals surface area contributed by atoms with Crippen LogP contribution in [0.4, 0.5) is 4.39 Å². The van der Waals surface area contributed by atoms with Crippen LogP contribution in [0.25, 0.3) is 10.9 Å². The first kappa shape index (κ1) is 22.4. The van der Waals surface area contributed by atoms with Crippen molar-refractivity contribution in [2.24, 2.45) is 0 Å². The third kappa shape index (κ3) is 5.69. The van der Waals surface area contributed by atoms with Gasteiger partial charge in [-0.25, -0.2) is 4.39 Å². The van der Waals surface area contributed by atoms with E-state index in [1.165, 1.54) is 6.07 Å². The second-order valence-electron chi connectivity index (χ2n) is 8.66. The van der Waals surface area contributed by atoms with E-state index in [2.05, 4.69) is 15.8 Å². The maximum Gasteiger partial charge on any atom is 0.226 e. The quantitative estimate of drug-likeness (QED) is 0.486. The molecule has 0 radical (unpaired) electrons. The summed E-state index contributed by atoms with van der Waals surface area (Å²) in [6.07, 6.45) is 7.35. The van der Waals surface area contributed by atoms with E-state index in [9.17, 15) is 9.18 Å². The first-order valence-corrected chi connectivity index (χ1v) is 11.4. The Morgan fingerprint density at radius 1 is 1.09 bits per heavy atom. The zero-order chi connectivity index (χ0) is 22.3. The SMILES string of the molecule is CN(CCCCCC1CC(c2cccc(F)c2)NN1)C(=O)Cc1cccc2cccnc12. The van der Waals surface area contributed by atoms with Gasteiger partial charge in [0.05, 0.1) is 11.9 Å². The number of halogens is 1. The molecule has 6 heteroatoms. The number of carbonyl (C=O) groups excluding carboxylic acids is 1. The molecule has 1 saturated heterocycles. The highest BCUT2D eigenvalue weighted by Gasteiger charge is 2.24. The summed E-state index contributed by atoms with van der Waals surface area (Å²) in [6, 6.07) is 17.3. The molecular formula is C26H31FN4O. The molecule has 3 aromatic rings. The van der Waals surface area contributed by atoms with Crippen LogP contribution in [0.2, 0.25) is 0 Å². The fourth-order valence-corrected chi connectivity index (χ4v) is 4.40. The number of hydrazine groups is 1. The molecule has 2 unspecified atom stereocenters. The highest BCUT2D eigenvalue weighted by atomic mass is 19.1. The topological polar surface area (TPSA) is 57.3 Å². The van der Waals surface area contributed by atoms with Gasteiger partial charge in [-0.1, -0.05) is 49.2 Å². The summed E-state index contributed by atoms with van der Waals surface area (Å²) in [5.74, 6) is -0.0640. The van der Waals surface area contributed by atoms with Gasteiger partial charge in [0.15, 0.2) is 0 Å². The summed E-state index contributed by atoms with van der Waals surface area (Å²) >= 11 is 0. The van der Waals surface area contributed by atoms with E-state index in [-0.39, 0.29) is 17.8 Å². The van der Waals surface area contributed by atoms with Gasteiger partial charge < -0.3 is 4.90 Å². The number of rotatable bonds is 9. The Morgan fingerprint density at radius 3 is 2.81 bits per heavy atom. The number of amides is 1. The molecule has 1 fully saturated rings. The normalized spacial score (nSPS) is 18.2. The van der Waals surface area contributed by atoms with Crippen LogP contribution in [0, 0.1) is 5.82 Å². The van der Waals surface area contributed by atoms with Gasteiger partial charge in [-0.15, -0.1) is 0 Å². The number of hydrogen-bond acceptors (Lipinski definition) is 4. The van der Waals surface area contributed by atoms with E-state index < -0.39 is 0 Å². The Morgan fingerprint density at radius 2 is 1.94 bits per heavy atom. The second-order valence-corrected chi connectivity index (χ2v) is 8.66. The number of para-hydroxylation sites is 1. The molecule has 0 bridgehead atoms. The number of carbonyl (C=O) groups is 1. The van der Waals surface area contributed by atoms with Crippen LogP contribution >= 0.6 is 0 Å². The molecule has 2 N–H and O–H groups in total. The maximum atomic E-state index is 13.4. The van der Waals surface area contributed by atoms with Crippen LogP contribution in [0.5, 0.6) is 0 Å². The Labute approximate surface area is 189 Å². The minimum Gasteiger partial charge on any atom is -0.345 e. The number of aromatic nitrogens is 1. The van der Waals surface area contributed by atoms with E-state index in [1.54, 1.807) is 18.3 Å². The molecular weight excluding hydrogens is 403 g/mol. The number of nitrogens with one attached hydrogen (secondary N) is 2. The van der Waals surface area contributed by atoms with Gasteiger partial charge in [0.2, 0.25) is 5.91 Å².